The van der Waals surface area contributed by atoms with E-state index in [1.54, 1.807) is 30.3 Å². The Morgan fingerprint density at radius 1 is 1.41 bits per heavy atom. The van der Waals surface area contributed by atoms with E-state index < -0.39 is 17.4 Å². The molecule has 138 valence electrons. The second-order valence-corrected chi connectivity index (χ2v) is 7.19. The summed E-state index contributed by atoms with van der Waals surface area (Å²) in [5, 5.41) is 6.87. The lowest BCUT2D eigenvalue weighted by Gasteiger charge is -2.23. The Bertz CT molecular complexity index is 940. The third-order valence-electron chi connectivity index (χ3n) is 5.51. The molecule has 2 saturated heterocycles. The summed E-state index contributed by atoms with van der Waals surface area (Å²) >= 11 is 0. The van der Waals surface area contributed by atoms with Crippen LogP contribution in [0.1, 0.15) is 11.3 Å². The molecule has 2 aromatic heterocycles. The van der Waals surface area contributed by atoms with Crippen molar-refractivity contribution in [2.75, 3.05) is 11.4 Å². The SMILES string of the molecule is Cc1cc(N2C[C@]34C=C[C@@H](O3)[C@@H](C(=O)NCc3ccncc3)[C@H]4C2=O)no1. The number of rotatable bonds is 4. The fraction of sp³-hybridized carbons (Fsp3) is 0.368. The van der Waals surface area contributed by atoms with Crippen molar-refractivity contribution in [3.63, 3.8) is 0 Å². The molecule has 0 aromatic carbocycles. The maximum absolute atomic E-state index is 13.1. The van der Waals surface area contributed by atoms with Crippen LogP contribution in [0.5, 0.6) is 0 Å². The molecule has 0 radical (unpaired) electrons. The quantitative estimate of drug-likeness (QED) is 0.810. The zero-order chi connectivity index (χ0) is 18.6. The van der Waals surface area contributed by atoms with Gasteiger partial charge in [0.15, 0.2) is 5.82 Å². The van der Waals surface area contributed by atoms with Crippen molar-refractivity contribution in [2.24, 2.45) is 11.8 Å². The van der Waals surface area contributed by atoms with E-state index >= 15 is 0 Å². The Hall–Kier alpha value is -3.00. The molecule has 27 heavy (non-hydrogen) atoms. The lowest BCUT2D eigenvalue weighted by molar-refractivity contribution is -0.132. The number of hydrogen-bond donors (Lipinski definition) is 1. The molecule has 5 rings (SSSR count). The molecule has 0 aliphatic carbocycles. The summed E-state index contributed by atoms with van der Waals surface area (Å²) in [5.41, 5.74) is 0.179. The van der Waals surface area contributed by atoms with Gasteiger partial charge in [0.25, 0.3) is 0 Å². The third-order valence-corrected chi connectivity index (χ3v) is 5.51. The average molecular weight is 366 g/mol. The first-order valence-electron chi connectivity index (χ1n) is 8.86. The highest BCUT2D eigenvalue weighted by Gasteiger charge is 2.67. The van der Waals surface area contributed by atoms with Gasteiger partial charge in [-0.05, 0) is 24.6 Å². The molecule has 2 bridgehead atoms. The highest BCUT2D eigenvalue weighted by Crippen LogP contribution is 2.52. The van der Waals surface area contributed by atoms with E-state index in [0.29, 0.717) is 24.7 Å². The van der Waals surface area contributed by atoms with Crippen molar-refractivity contribution in [3.05, 3.63) is 54.1 Å². The first kappa shape index (κ1) is 16.2. The predicted molar refractivity (Wildman–Crippen MR) is 93.4 cm³/mol. The average Bonchev–Trinajstić information content (AvgIpc) is 3.42. The van der Waals surface area contributed by atoms with Crippen molar-refractivity contribution in [3.8, 4) is 0 Å². The third kappa shape index (κ3) is 2.40. The normalized spacial score (nSPS) is 30.8. The van der Waals surface area contributed by atoms with Crippen LogP contribution in [0.25, 0.3) is 0 Å². The Morgan fingerprint density at radius 2 is 2.22 bits per heavy atom. The Labute approximate surface area is 155 Å². The van der Waals surface area contributed by atoms with Crippen molar-refractivity contribution < 1.29 is 18.8 Å². The maximum Gasteiger partial charge on any atom is 0.235 e. The van der Waals surface area contributed by atoms with Crippen LogP contribution < -0.4 is 10.2 Å². The number of aryl methyl sites for hydroxylation is 1. The van der Waals surface area contributed by atoms with Gasteiger partial charge in [0, 0.05) is 25.0 Å². The molecule has 1 spiro atoms. The number of ether oxygens (including phenoxy) is 1. The fourth-order valence-electron chi connectivity index (χ4n) is 4.28. The van der Waals surface area contributed by atoms with Gasteiger partial charge in [-0.1, -0.05) is 17.3 Å². The number of nitrogens with zero attached hydrogens (tertiary/aromatic N) is 3. The van der Waals surface area contributed by atoms with E-state index in [-0.39, 0.29) is 17.9 Å². The van der Waals surface area contributed by atoms with Gasteiger partial charge in [-0.15, -0.1) is 0 Å². The smallest absolute Gasteiger partial charge is 0.235 e. The van der Waals surface area contributed by atoms with Crippen molar-refractivity contribution in [2.45, 2.75) is 25.2 Å². The molecule has 5 heterocycles. The fourth-order valence-corrected chi connectivity index (χ4v) is 4.28. The van der Waals surface area contributed by atoms with Gasteiger partial charge in [0.1, 0.15) is 11.4 Å². The minimum atomic E-state index is -0.771. The second kappa shape index (κ2) is 5.75. The highest BCUT2D eigenvalue weighted by molar-refractivity contribution is 6.02. The maximum atomic E-state index is 13.1. The van der Waals surface area contributed by atoms with E-state index in [4.69, 9.17) is 9.26 Å². The summed E-state index contributed by atoms with van der Waals surface area (Å²) in [6, 6.07) is 5.40. The molecule has 2 aromatic rings. The summed E-state index contributed by atoms with van der Waals surface area (Å²) in [4.78, 5) is 31.5. The molecule has 3 aliphatic heterocycles. The van der Waals surface area contributed by atoms with Crippen molar-refractivity contribution >= 4 is 17.6 Å². The topological polar surface area (TPSA) is 97.6 Å². The number of nitrogens with one attached hydrogen (secondary N) is 1. The van der Waals surface area contributed by atoms with E-state index in [0.717, 1.165) is 5.56 Å². The Kier molecular flexibility index (Phi) is 3.45. The first-order chi connectivity index (χ1) is 13.1. The van der Waals surface area contributed by atoms with E-state index in [9.17, 15) is 9.59 Å². The zero-order valence-corrected chi connectivity index (χ0v) is 14.7. The van der Waals surface area contributed by atoms with E-state index in [1.807, 2.05) is 24.3 Å². The Morgan fingerprint density at radius 3 is 2.96 bits per heavy atom. The number of carbonyl (C=O) groups excluding carboxylic acids is 2. The van der Waals surface area contributed by atoms with Crippen LogP contribution in [-0.2, 0) is 20.9 Å². The number of carbonyl (C=O) groups is 2. The Balaban J connectivity index is 1.38. The molecule has 1 N–H and O–H groups in total. The van der Waals surface area contributed by atoms with Crippen LogP contribution in [0.4, 0.5) is 5.82 Å². The van der Waals surface area contributed by atoms with Gasteiger partial charge in [-0.25, -0.2) is 0 Å². The van der Waals surface area contributed by atoms with Crippen LogP contribution in [0.15, 0.2) is 47.3 Å². The number of pyridine rings is 1. The minimum absolute atomic E-state index is 0.154. The number of amides is 2. The van der Waals surface area contributed by atoms with Crippen molar-refractivity contribution in [1.29, 1.82) is 0 Å². The molecule has 8 heteroatoms. The minimum Gasteiger partial charge on any atom is -0.360 e. The molecular weight excluding hydrogens is 348 g/mol. The number of hydrogen-bond acceptors (Lipinski definition) is 6. The van der Waals surface area contributed by atoms with Crippen LogP contribution in [0.2, 0.25) is 0 Å². The van der Waals surface area contributed by atoms with Crippen LogP contribution in [0.3, 0.4) is 0 Å². The summed E-state index contributed by atoms with van der Waals surface area (Å²) in [5.74, 6) is -0.361. The van der Waals surface area contributed by atoms with Crippen molar-refractivity contribution in [1.82, 2.24) is 15.5 Å². The van der Waals surface area contributed by atoms with E-state index in [1.165, 1.54) is 0 Å². The second-order valence-electron chi connectivity index (χ2n) is 7.19. The van der Waals surface area contributed by atoms with Crippen LogP contribution >= 0.6 is 0 Å². The number of fused-ring (bicyclic) bond motifs is 1. The van der Waals surface area contributed by atoms with E-state index in [2.05, 4.69) is 15.5 Å². The van der Waals surface area contributed by atoms with Gasteiger partial charge >= 0.3 is 0 Å². The predicted octanol–water partition coefficient (Wildman–Crippen LogP) is 0.981. The molecular formula is C19H18N4O4. The molecule has 3 aliphatic rings. The highest BCUT2D eigenvalue weighted by atomic mass is 16.5. The molecule has 0 saturated carbocycles. The van der Waals surface area contributed by atoms with Gasteiger partial charge in [-0.3, -0.25) is 19.5 Å². The summed E-state index contributed by atoms with van der Waals surface area (Å²) < 4.78 is 11.2. The summed E-state index contributed by atoms with van der Waals surface area (Å²) in [6.45, 7) is 2.49. The summed E-state index contributed by atoms with van der Waals surface area (Å²) in [6.07, 6.45) is 6.78. The lowest BCUT2D eigenvalue weighted by atomic mass is 9.77. The zero-order valence-electron chi connectivity index (χ0n) is 14.7. The largest absolute Gasteiger partial charge is 0.360 e. The number of aromatic nitrogens is 2. The summed E-state index contributed by atoms with van der Waals surface area (Å²) in [7, 11) is 0. The van der Waals surface area contributed by atoms with Gasteiger partial charge < -0.3 is 14.6 Å². The van der Waals surface area contributed by atoms with Crippen LogP contribution in [-0.4, -0.2) is 40.2 Å². The molecule has 8 nitrogen and oxygen atoms in total. The number of anilines is 1. The van der Waals surface area contributed by atoms with Gasteiger partial charge in [0.2, 0.25) is 11.8 Å². The van der Waals surface area contributed by atoms with Gasteiger partial charge in [0.05, 0.1) is 24.5 Å². The molecule has 4 atom stereocenters. The first-order valence-corrected chi connectivity index (χ1v) is 8.86. The van der Waals surface area contributed by atoms with Gasteiger partial charge in [-0.2, -0.15) is 0 Å². The molecule has 0 unspecified atom stereocenters. The standard InChI is InChI=1S/C19H18N4O4/c1-11-8-14(22-27-11)23-10-19-5-2-13(26-19)15(16(19)18(23)25)17(24)21-9-12-3-6-20-7-4-12/h2-8,13,15-16H,9-10H2,1H3,(H,21,24)/t13-,15-,16+,19+/m1/s1. The lowest BCUT2D eigenvalue weighted by Crippen LogP contribution is -2.44. The molecule has 2 fully saturated rings. The van der Waals surface area contributed by atoms with Crippen LogP contribution in [0, 0.1) is 18.8 Å². The molecule has 2 amide bonds. The monoisotopic (exact) mass is 366 g/mol.